The van der Waals surface area contributed by atoms with E-state index in [0.717, 1.165) is 48.7 Å². The summed E-state index contributed by atoms with van der Waals surface area (Å²) in [5.41, 5.74) is 3.80. The van der Waals surface area contributed by atoms with Gasteiger partial charge in [0.15, 0.2) is 0 Å². The van der Waals surface area contributed by atoms with Gasteiger partial charge in [-0.25, -0.2) is 0 Å². The summed E-state index contributed by atoms with van der Waals surface area (Å²) < 4.78 is 16.4. The van der Waals surface area contributed by atoms with Crippen LogP contribution in [0, 0.1) is 0 Å². The number of methoxy groups -OCH3 is 2. The molecule has 0 fully saturated rings. The predicted molar refractivity (Wildman–Crippen MR) is 105 cm³/mol. The lowest BCUT2D eigenvalue weighted by Crippen LogP contribution is -2.22. The predicted octanol–water partition coefficient (Wildman–Crippen LogP) is 4.74. The molecule has 4 heteroatoms. The molecule has 2 aromatic rings. The highest BCUT2D eigenvalue weighted by molar-refractivity contribution is 5.66. The molecular weight excluding hydrogens is 326 g/mol. The van der Waals surface area contributed by atoms with Crippen molar-refractivity contribution in [3.8, 4) is 17.2 Å². The van der Waals surface area contributed by atoms with Crippen LogP contribution in [0.2, 0.25) is 0 Å². The molecule has 1 aliphatic rings. The molecule has 3 rings (SSSR count). The van der Waals surface area contributed by atoms with Crippen LogP contribution in [0.25, 0.3) is 5.57 Å². The third kappa shape index (κ3) is 4.31. The number of hydrogen-bond donors (Lipinski definition) is 0. The molecule has 0 amide bonds. The van der Waals surface area contributed by atoms with E-state index in [1.54, 1.807) is 14.2 Å². The summed E-state index contributed by atoms with van der Waals surface area (Å²) in [6.07, 6.45) is 4.53. The number of rotatable bonds is 7. The van der Waals surface area contributed by atoms with Gasteiger partial charge in [0.25, 0.3) is 0 Å². The molecular formula is C22H27NO3. The van der Waals surface area contributed by atoms with E-state index in [9.17, 15) is 0 Å². The Morgan fingerprint density at radius 2 is 1.73 bits per heavy atom. The number of hydrogen-bond acceptors (Lipinski definition) is 4. The van der Waals surface area contributed by atoms with Gasteiger partial charge < -0.3 is 19.1 Å². The minimum Gasteiger partial charge on any atom is -0.497 e. The Labute approximate surface area is 156 Å². The van der Waals surface area contributed by atoms with E-state index in [4.69, 9.17) is 14.2 Å². The second-order valence-electron chi connectivity index (χ2n) is 6.36. The Bertz CT molecular complexity index is 752. The van der Waals surface area contributed by atoms with Crippen LogP contribution >= 0.6 is 0 Å². The molecule has 0 saturated carbocycles. The van der Waals surface area contributed by atoms with E-state index in [-0.39, 0.29) is 0 Å². The standard InChI is InChI=1S/C22H27NO3/c1-4-26-20-10-7-17(8-11-20)18-6-5-13-23(15-18)16-19-9-12-21(24-2)14-22(19)25-3/h7-12,14-15H,4-6,13,16H2,1-3H3. The van der Waals surface area contributed by atoms with Crippen LogP contribution in [0.1, 0.15) is 30.9 Å². The van der Waals surface area contributed by atoms with Crippen molar-refractivity contribution in [1.82, 2.24) is 4.90 Å². The molecule has 0 radical (unpaired) electrons. The average molecular weight is 353 g/mol. The Balaban J connectivity index is 1.76. The van der Waals surface area contributed by atoms with Crippen molar-refractivity contribution in [2.45, 2.75) is 26.3 Å². The van der Waals surface area contributed by atoms with Crippen LogP contribution in [0.15, 0.2) is 48.7 Å². The van der Waals surface area contributed by atoms with Crippen molar-refractivity contribution >= 4 is 5.57 Å². The zero-order chi connectivity index (χ0) is 18.4. The fraction of sp³-hybridized carbons (Fsp3) is 0.364. The summed E-state index contributed by atoms with van der Waals surface area (Å²) in [5.74, 6) is 2.60. The molecule has 0 aliphatic carbocycles. The van der Waals surface area contributed by atoms with Crippen LogP contribution in [0.3, 0.4) is 0 Å². The summed E-state index contributed by atoms with van der Waals surface area (Å²) in [5, 5.41) is 0. The van der Waals surface area contributed by atoms with E-state index in [1.165, 1.54) is 11.1 Å². The highest BCUT2D eigenvalue weighted by Gasteiger charge is 2.14. The largest absolute Gasteiger partial charge is 0.497 e. The Morgan fingerprint density at radius 1 is 0.962 bits per heavy atom. The van der Waals surface area contributed by atoms with E-state index in [2.05, 4.69) is 29.3 Å². The number of ether oxygens (including phenoxy) is 3. The second-order valence-corrected chi connectivity index (χ2v) is 6.36. The van der Waals surface area contributed by atoms with Crippen LogP contribution in [0.4, 0.5) is 0 Å². The van der Waals surface area contributed by atoms with Gasteiger partial charge in [-0.1, -0.05) is 12.1 Å². The molecule has 0 bridgehead atoms. The average Bonchev–Trinajstić information content (AvgIpc) is 2.69. The van der Waals surface area contributed by atoms with Crippen molar-refractivity contribution in [1.29, 1.82) is 0 Å². The number of allylic oxidation sites excluding steroid dienone is 1. The molecule has 0 N–H and O–H groups in total. The van der Waals surface area contributed by atoms with Gasteiger partial charge in [-0.3, -0.25) is 0 Å². The molecule has 1 heterocycles. The van der Waals surface area contributed by atoms with E-state index >= 15 is 0 Å². The zero-order valence-corrected chi connectivity index (χ0v) is 15.8. The monoisotopic (exact) mass is 353 g/mol. The van der Waals surface area contributed by atoms with Crippen molar-refractivity contribution in [2.75, 3.05) is 27.4 Å². The van der Waals surface area contributed by atoms with Crippen LogP contribution in [-0.4, -0.2) is 32.3 Å². The first-order valence-corrected chi connectivity index (χ1v) is 9.12. The van der Waals surface area contributed by atoms with Crippen molar-refractivity contribution < 1.29 is 14.2 Å². The van der Waals surface area contributed by atoms with Crippen molar-refractivity contribution in [3.05, 3.63) is 59.8 Å². The van der Waals surface area contributed by atoms with Gasteiger partial charge in [-0.2, -0.15) is 0 Å². The van der Waals surface area contributed by atoms with Gasteiger partial charge in [-0.05, 0) is 55.2 Å². The van der Waals surface area contributed by atoms with Gasteiger partial charge >= 0.3 is 0 Å². The number of benzene rings is 2. The van der Waals surface area contributed by atoms with Gasteiger partial charge in [0.05, 0.1) is 20.8 Å². The lowest BCUT2D eigenvalue weighted by molar-refractivity contribution is 0.337. The molecule has 4 nitrogen and oxygen atoms in total. The minimum atomic E-state index is 0.694. The summed E-state index contributed by atoms with van der Waals surface area (Å²) >= 11 is 0. The maximum Gasteiger partial charge on any atom is 0.127 e. The molecule has 0 aromatic heterocycles. The first kappa shape index (κ1) is 18.2. The molecule has 1 aliphatic heterocycles. The SMILES string of the molecule is CCOc1ccc(C2=CN(Cc3ccc(OC)cc3OC)CCC2)cc1. The second kappa shape index (κ2) is 8.65. The van der Waals surface area contributed by atoms with Crippen LogP contribution < -0.4 is 14.2 Å². The fourth-order valence-electron chi connectivity index (χ4n) is 3.30. The third-order valence-corrected chi connectivity index (χ3v) is 4.63. The van der Waals surface area contributed by atoms with Crippen molar-refractivity contribution in [2.24, 2.45) is 0 Å². The fourth-order valence-corrected chi connectivity index (χ4v) is 3.30. The van der Waals surface area contributed by atoms with Gasteiger partial charge in [0, 0.05) is 30.9 Å². The third-order valence-electron chi connectivity index (χ3n) is 4.63. The lowest BCUT2D eigenvalue weighted by atomic mass is 9.99. The molecule has 138 valence electrons. The van der Waals surface area contributed by atoms with Gasteiger partial charge in [0.1, 0.15) is 17.2 Å². The Hall–Kier alpha value is -2.62. The highest BCUT2D eigenvalue weighted by atomic mass is 16.5. The summed E-state index contributed by atoms with van der Waals surface area (Å²) in [6, 6.07) is 14.4. The summed E-state index contributed by atoms with van der Waals surface area (Å²) in [6.45, 7) is 4.58. The van der Waals surface area contributed by atoms with Gasteiger partial charge in [0.2, 0.25) is 0 Å². The summed E-state index contributed by atoms with van der Waals surface area (Å²) in [4.78, 5) is 2.36. The topological polar surface area (TPSA) is 30.9 Å². The first-order valence-electron chi connectivity index (χ1n) is 9.12. The maximum absolute atomic E-state index is 5.54. The van der Waals surface area contributed by atoms with Crippen LogP contribution in [0.5, 0.6) is 17.2 Å². The van der Waals surface area contributed by atoms with E-state index < -0.39 is 0 Å². The van der Waals surface area contributed by atoms with E-state index in [1.807, 2.05) is 31.2 Å². The quantitative estimate of drug-likeness (QED) is 0.719. The Morgan fingerprint density at radius 3 is 2.42 bits per heavy atom. The normalized spacial score (nSPS) is 14.0. The maximum atomic E-state index is 5.54. The van der Waals surface area contributed by atoms with Crippen molar-refractivity contribution in [3.63, 3.8) is 0 Å². The molecule has 0 spiro atoms. The number of nitrogens with zero attached hydrogens (tertiary/aromatic N) is 1. The zero-order valence-electron chi connectivity index (χ0n) is 15.8. The lowest BCUT2D eigenvalue weighted by Gasteiger charge is -2.28. The van der Waals surface area contributed by atoms with Crippen LogP contribution in [-0.2, 0) is 6.54 Å². The Kier molecular flexibility index (Phi) is 6.05. The first-order chi connectivity index (χ1) is 12.7. The highest BCUT2D eigenvalue weighted by Crippen LogP contribution is 2.30. The van der Waals surface area contributed by atoms with Gasteiger partial charge in [-0.15, -0.1) is 0 Å². The molecule has 0 saturated heterocycles. The summed E-state index contributed by atoms with van der Waals surface area (Å²) in [7, 11) is 3.38. The molecule has 2 aromatic carbocycles. The minimum absolute atomic E-state index is 0.694. The molecule has 26 heavy (non-hydrogen) atoms. The molecule has 0 atom stereocenters. The van der Waals surface area contributed by atoms with E-state index in [0.29, 0.717) is 6.61 Å². The smallest absolute Gasteiger partial charge is 0.127 e. The molecule has 0 unspecified atom stereocenters.